The molecular formula is C32H38FN9O4. The minimum Gasteiger partial charge on any atom is -0.460 e. The van der Waals surface area contributed by atoms with Crippen LogP contribution >= 0.6 is 0 Å². The summed E-state index contributed by atoms with van der Waals surface area (Å²) in [6.45, 7) is 5.12. The van der Waals surface area contributed by atoms with E-state index in [1.165, 1.54) is 12.3 Å². The summed E-state index contributed by atoms with van der Waals surface area (Å²) in [6.07, 6.45) is 6.08. The van der Waals surface area contributed by atoms with E-state index in [9.17, 15) is 9.18 Å². The van der Waals surface area contributed by atoms with Crippen LogP contribution in [0.3, 0.4) is 0 Å². The SMILES string of the molecule is COCCN1C[C@@H](NC(=O)Nc2c(C)c(-c3cnc(OC4CCN(C)CC4)nc3)nn2-c2ccccc2)[C@H](c2ccnc(F)c2)O1. The predicted molar refractivity (Wildman–Crippen MR) is 168 cm³/mol. The number of para-hydroxylation sites is 1. The Labute approximate surface area is 266 Å². The van der Waals surface area contributed by atoms with Crippen molar-refractivity contribution >= 4 is 11.8 Å². The van der Waals surface area contributed by atoms with E-state index in [0.717, 1.165) is 37.2 Å². The number of carbonyl (C=O) groups is 1. The first-order chi connectivity index (χ1) is 22.4. The molecule has 2 saturated heterocycles. The van der Waals surface area contributed by atoms with Crippen molar-refractivity contribution in [2.45, 2.75) is 38.0 Å². The minimum absolute atomic E-state index is 0.0879. The fourth-order valence-corrected chi connectivity index (χ4v) is 5.67. The lowest BCUT2D eigenvalue weighted by atomic mass is 10.0. The van der Waals surface area contributed by atoms with Gasteiger partial charge in [-0.2, -0.15) is 14.6 Å². The molecule has 2 aliphatic heterocycles. The Hall–Kier alpha value is -4.50. The summed E-state index contributed by atoms with van der Waals surface area (Å²) in [6, 6.07) is 11.9. The highest BCUT2D eigenvalue weighted by Gasteiger charge is 2.37. The van der Waals surface area contributed by atoms with Gasteiger partial charge in [0.1, 0.15) is 23.7 Å². The quantitative estimate of drug-likeness (QED) is 0.249. The number of halogens is 1. The van der Waals surface area contributed by atoms with Crippen LogP contribution < -0.4 is 15.4 Å². The molecule has 2 aliphatic rings. The largest absolute Gasteiger partial charge is 0.460 e. The molecule has 14 heteroatoms. The number of ether oxygens (including phenoxy) is 2. The Balaban J connectivity index is 1.22. The molecular weight excluding hydrogens is 593 g/mol. The predicted octanol–water partition coefficient (Wildman–Crippen LogP) is 3.77. The Kier molecular flexibility index (Phi) is 9.78. The maximum Gasteiger partial charge on any atom is 0.320 e. The van der Waals surface area contributed by atoms with Crippen molar-refractivity contribution in [1.82, 2.24) is 40.0 Å². The van der Waals surface area contributed by atoms with Crippen LogP contribution in [0, 0.1) is 12.9 Å². The molecule has 2 fully saturated rings. The third-order valence-corrected chi connectivity index (χ3v) is 8.16. The lowest BCUT2D eigenvalue weighted by molar-refractivity contribution is -0.154. The number of hydroxylamine groups is 2. The number of benzene rings is 1. The number of nitrogens with one attached hydrogen (secondary N) is 2. The second-order valence-corrected chi connectivity index (χ2v) is 11.5. The summed E-state index contributed by atoms with van der Waals surface area (Å²) in [5.41, 5.74) is 3.35. The Morgan fingerprint density at radius 1 is 1.11 bits per heavy atom. The summed E-state index contributed by atoms with van der Waals surface area (Å²) in [7, 11) is 3.71. The van der Waals surface area contributed by atoms with Crippen molar-refractivity contribution in [3.63, 3.8) is 0 Å². The number of amides is 2. The van der Waals surface area contributed by atoms with E-state index in [1.54, 1.807) is 35.3 Å². The molecule has 2 atom stereocenters. The molecule has 0 saturated carbocycles. The van der Waals surface area contributed by atoms with Crippen LogP contribution in [0.1, 0.15) is 30.1 Å². The van der Waals surface area contributed by atoms with E-state index in [1.807, 2.05) is 37.3 Å². The molecule has 0 unspecified atom stereocenters. The second kappa shape index (κ2) is 14.3. The number of nitrogens with zero attached hydrogens (tertiary/aromatic N) is 7. The van der Waals surface area contributed by atoms with E-state index in [2.05, 4.69) is 37.5 Å². The third-order valence-electron chi connectivity index (χ3n) is 8.16. The van der Waals surface area contributed by atoms with Crippen LogP contribution in [-0.2, 0) is 9.57 Å². The highest BCUT2D eigenvalue weighted by molar-refractivity contribution is 5.91. The number of likely N-dealkylation sites (tertiary alicyclic amines) is 1. The van der Waals surface area contributed by atoms with Gasteiger partial charge in [-0.25, -0.2) is 24.4 Å². The summed E-state index contributed by atoms with van der Waals surface area (Å²) in [5, 5.41) is 12.6. The summed E-state index contributed by atoms with van der Waals surface area (Å²) in [4.78, 5) is 34.5. The van der Waals surface area contributed by atoms with Crippen molar-refractivity contribution in [3.8, 4) is 23.0 Å². The first-order valence-electron chi connectivity index (χ1n) is 15.3. The fraction of sp³-hybridized carbons (Fsp3) is 0.406. The Morgan fingerprint density at radius 2 is 1.87 bits per heavy atom. The third kappa shape index (κ3) is 7.31. The number of pyridine rings is 1. The lowest BCUT2D eigenvalue weighted by Crippen LogP contribution is -2.42. The zero-order valence-electron chi connectivity index (χ0n) is 26.1. The van der Waals surface area contributed by atoms with Gasteiger partial charge in [0.15, 0.2) is 0 Å². The molecule has 5 heterocycles. The lowest BCUT2D eigenvalue weighted by Gasteiger charge is -2.28. The summed E-state index contributed by atoms with van der Waals surface area (Å²) >= 11 is 0. The number of aromatic nitrogens is 5. The minimum atomic E-state index is -0.625. The first kappa shape index (κ1) is 31.5. The van der Waals surface area contributed by atoms with E-state index in [4.69, 9.17) is 19.4 Å². The number of carbonyl (C=O) groups excluding carboxylic acids is 1. The van der Waals surface area contributed by atoms with Gasteiger partial charge in [0.2, 0.25) is 5.95 Å². The maximum atomic E-state index is 14.0. The smallest absolute Gasteiger partial charge is 0.320 e. The van der Waals surface area contributed by atoms with Gasteiger partial charge in [-0.1, -0.05) is 18.2 Å². The number of hydrogen-bond acceptors (Lipinski definition) is 10. The molecule has 2 amide bonds. The molecule has 46 heavy (non-hydrogen) atoms. The van der Waals surface area contributed by atoms with Gasteiger partial charge in [0.25, 0.3) is 0 Å². The molecule has 0 radical (unpaired) electrons. The highest BCUT2D eigenvalue weighted by atomic mass is 19.1. The van der Waals surface area contributed by atoms with Gasteiger partial charge >= 0.3 is 12.0 Å². The molecule has 6 rings (SSSR count). The molecule has 3 aromatic heterocycles. The summed E-state index contributed by atoms with van der Waals surface area (Å²) < 4.78 is 26.9. The number of piperidine rings is 1. The van der Waals surface area contributed by atoms with Gasteiger partial charge in [-0.05, 0) is 56.6 Å². The maximum absolute atomic E-state index is 14.0. The monoisotopic (exact) mass is 631 g/mol. The van der Waals surface area contributed by atoms with Crippen LogP contribution in [0.25, 0.3) is 16.9 Å². The van der Waals surface area contributed by atoms with E-state index >= 15 is 0 Å². The molecule has 13 nitrogen and oxygen atoms in total. The van der Waals surface area contributed by atoms with Gasteiger partial charge in [0.05, 0.1) is 18.3 Å². The summed E-state index contributed by atoms with van der Waals surface area (Å²) in [5.74, 6) is -0.146. The van der Waals surface area contributed by atoms with E-state index < -0.39 is 24.1 Å². The van der Waals surface area contributed by atoms with Gasteiger partial charge < -0.3 is 19.7 Å². The van der Waals surface area contributed by atoms with Gasteiger partial charge in [-0.15, -0.1) is 0 Å². The zero-order chi connectivity index (χ0) is 32.0. The number of anilines is 1. The standard InChI is InChI=1S/C32H38FN9O4/c1-21-28(23-18-35-32(36-19-23)45-25-10-13-40(2)14-11-25)39-42(24-7-5-4-6-8-24)30(21)38-31(43)37-26-20-41(15-16-44-3)46-29(26)22-9-12-34-27(33)17-22/h4-9,12,17-19,25-26,29H,10-11,13-16,20H2,1-3H3,(H2,37,38,43)/t26-,29+/m1/s1. The first-order valence-corrected chi connectivity index (χ1v) is 15.3. The Morgan fingerprint density at radius 3 is 2.59 bits per heavy atom. The number of rotatable bonds is 10. The molecule has 1 aromatic carbocycles. The van der Waals surface area contributed by atoms with Crippen LogP contribution in [0.4, 0.5) is 15.0 Å². The number of urea groups is 1. The van der Waals surface area contributed by atoms with Crippen molar-refractivity contribution < 1.29 is 23.5 Å². The second-order valence-electron chi connectivity index (χ2n) is 11.5. The van der Waals surface area contributed by atoms with Crippen LogP contribution in [0.2, 0.25) is 0 Å². The molecule has 2 N–H and O–H groups in total. The van der Waals surface area contributed by atoms with Gasteiger partial charge in [0, 0.05) is 63.0 Å². The van der Waals surface area contributed by atoms with E-state index in [-0.39, 0.29) is 6.10 Å². The van der Waals surface area contributed by atoms with Crippen LogP contribution in [-0.4, -0.2) is 99.8 Å². The Bertz CT molecular complexity index is 1610. The van der Waals surface area contributed by atoms with E-state index in [0.29, 0.717) is 48.3 Å². The number of methoxy groups -OCH3 is 1. The van der Waals surface area contributed by atoms with Crippen molar-refractivity contribution in [2.24, 2.45) is 0 Å². The zero-order valence-corrected chi connectivity index (χ0v) is 26.1. The normalized spacial score (nSPS) is 19.3. The average molecular weight is 632 g/mol. The van der Waals surface area contributed by atoms with Crippen LogP contribution in [0.5, 0.6) is 6.01 Å². The van der Waals surface area contributed by atoms with Crippen molar-refractivity contribution in [1.29, 1.82) is 0 Å². The van der Waals surface area contributed by atoms with Crippen LogP contribution in [0.15, 0.2) is 61.1 Å². The van der Waals surface area contributed by atoms with Crippen molar-refractivity contribution in [2.75, 3.05) is 52.3 Å². The molecule has 4 aromatic rings. The molecule has 0 aliphatic carbocycles. The molecule has 242 valence electrons. The molecule has 0 bridgehead atoms. The fourth-order valence-electron chi connectivity index (χ4n) is 5.67. The topological polar surface area (TPSA) is 132 Å². The highest BCUT2D eigenvalue weighted by Crippen LogP contribution is 2.32. The molecule has 0 spiro atoms. The number of hydrogen-bond donors (Lipinski definition) is 2. The van der Waals surface area contributed by atoms with Gasteiger partial charge in [-0.3, -0.25) is 10.2 Å². The van der Waals surface area contributed by atoms with Crippen molar-refractivity contribution in [3.05, 3.63) is 78.1 Å². The average Bonchev–Trinajstić information content (AvgIpc) is 3.62.